The van der Waals surface area contributed by atoms with Gasteiger partial charge in [0.05, 0.1) is 3.79 Å². The first-order chi connectivity index (χ1) is 8.44. The Morgan fingerprint density at radius 1 is 1.44 bits per heavy atom. The van der Waals surface area contributed by atoms with Crippen LogP contribution < -0.4 is 0 Å². The van der Waals surface area contributed by atoms with Gasteiger partial charge in [0.15, 0.2) is 0 Å². The van der Waals surface area contributed by atoms with E-state index in [9.17, 15) is 5.11 Å². The first-order valence-corrected chi connectivity index (χ1v) is 8.18. The van der Waals surface area contributed by atoms with Crippen LogP contribution in [0.2, 0.25) is 0 Å². The molecule has 1 aliphatic rings. The maximum Gasteiger partial charge on any atom is 0.105 e. The zero-order valence-electron chi connectivity index (χ0n) is 11.3. The van der Waals surface area contributed by atoms with Gasteiger partial charge in [0.2, 0.25) is 0 Å². The van der Waals surface area contributed by atoms with Gasteiger partial charge in [0.25, 0.3) is 0 Å². The molecule has 4 heteroatoms. The molecule has 102 valence electrons. The summed E-state index contributed by atoms with van der Waals surface area (Å²) in [6.45, 7) is 3.14. The van der Waals surface area contributed by atoms with E-state index in [1.165, 1.54) is 6.42 Å². The van der Waals surface area contributed by atoms with E-state index in [1.807, 2.05) is 6.07 Å². The summed E-state index contributed by atoms with van der Waals surface area (Å²) in [6.07, 6.45) is 3.47. The molecule has 1 saturated carbocycles. The molecule has 3 unspecified atom stereocenters. The summed E-state index contributed by atoms with van der Waals surface area (Å²) in [5, 5.41) is 11.3. The van der Waals surface area contributed by atoms with Crippen molar-refractivity contribution in [3.63, 3.8) is 0 Å². The topological polar surface area (TPSA) is 23.5 Å². The molecule has 0 aromatic carbocycles. The molecule has 0 saturated heterocycles. The Morgan fingerprint density at radius 3 is 2.72 bits per heavy atom. The molecule has 1 N–H and O–H groups in total. The van der Waals surface area contributed by atoms with Gasteiger partial charge in [-0.1, -0.05) is 13.3 Å². The normalized spacial score (nSPS) is 33.0. The lowest BCUT2D eigenvalue weighted by Crippen LogP contribution is -2.47. The van der Waals surface area contributed by atoms with Gasteiger partial charge in [0.1, 0.15) is 5.60 Å². The first-order valence-electron chi connectivity index (χ1n) is 6.57. The van der Waals surface area contributed by atoms with Gasteiger partial charge in [-0.15, -0.1) is 11.3 Å². The summed E-state index contributed by atoms with van der Waals surface area (Å²) in [5.41, 5.74) is -0.654. The largest absolute Gasteiger partial charge is 0.384 e. The van der Waals surface area contributed by atoms with Gasteiger partial charge >= 0.3 is 0 Å². The highest BCUT2D eigenvalue weighted by Gasteiger charge is 2.46. The zero-order valence-corrected chi connectivity index (χ0v) is 13.7. The summed E-state index contributed by atoms with van der Waals surface area (Å²) in [4.78, 5) is 3.31. The van der Waals surface area contributed by atoms with E-state index < -0.39 is 5.60 Å². The van der Waals surface area contributed by atoms with E-state index in [-0.39, 0.29) is 0 Å². The van der Waals surface area contributed by atoms with Crippen molar-refractivity contribution in [2.24, 2.45) is 11.8 Å². The van der Waals surface area contributed by atoms with Gasteiger partial charge in [-0.05, 0) is 60.9 Å². The van der Waals surface area contributed by atoms with E-state index in [0.717, 1.165) is 28.0 Å². The number of halogens is 1. The second kappa shape index (κ2) is 5.61. The van der Waals surface area contributed by atoms with Crippen molar-refractivity contribution >= 4 is 27.3 Å². The molecule has 0 spiro atoms. The predicted molar refractivity (Wildman–Crippen MR) is 81.0 cm³/mol. The van der Waals surface area contributed by atoms with Gasteiger partial charge in [0, 0.05) is 17.3 Å². The van der Waals surface area contributed by atoms with E-state index in [1.54, 1.807) is 11.3 Å². The Morgan fingerprint density at radius 2 is 2.17 bits per heavy atom. The number of rotatable bonds is 3. The van der Waals surface area contributed by atoms with Crippen molar-refractivity contribution in [3.8, 4) is 0 Å². The van der Waals surface area contributed by atoms with Gasteiger partial charge < -0.3 is 10.0 Å². The maximum absolute atomic E-state index is 11.3. The van der Waals surface area contributed by atoms with Crippen LogP contribution in [-0.2, 0) is 5.60 Å². The number of hydrogen-bond donors (Lipinski definition) is 1. The third kappa shape index (κ3) is 2.67. The van der Waals surface area contributed by atoms with Crippen LogP contribution in [0.3, 0.4) is 0 Å². The van der Waals surface area contributed by atoms with E-state index >= 15 is 0 Å². The van der Waals surface area contributed by atoms with Crippen LogP contribution in [-0.4, -0.2) is 30.6 Å². The summed E-state index contributed by atoms with van der Waals surface area (Å²) in [7, 11) is 4.17. The third-order valence-electron chi connectivity index (χ3n) is 4.12. The Labute approximate surface area is 122 Å². The lowest BCUT2D eigenvalue weighted by Gasteiger charge is -2.45. The standard InChI is InChI=1S/C14H22BrNOS/c1-10-5-4-6-11(9-16(2)3)14(10,17)12-7-8-13(15)18-12/h7-8,10-11,17H,4-6,9H2,1-3H3. The quantitative estimate of drug-likeness (QED) is 0.912. The molecule has 1 fully saturated rings. The highest BCUT2D eigenvalue weighted by molar-refractivity contribution is 9.11. The summed E-state index contributed by atoms with van der Waals surface area (Å²) in [6, 6.07) is 4.13. The second-order valence-corrected chi connectivity index (χ2v) is 8.18. The van der Waals surface area contributed by atoms with Crippen molar-refractivity contribution in [1.29, 1.82) is 0 Å². The van der Waals surface area contributed by atoms with Gasteiger partial charge in [-0.25, -0.2) is 0 Å². The number of aliphatic hydroxyl groups is 1. The molecule has 1 heterocycles. The summed E-state index contributed by atoms with van der Waals surface area (Å²) >= 11 is 5.19. The van der Waals surface area contributed by atoms with Crippen molar-refractivity contribution in [2.45, 2.75) is 31.8 Å². The minimum absolute atomic E-state index is 0.335. The van der Waals surface area contributed by atoms with Crippen LogP contribution in [0.25, 0.3) is 0 Å². The van der Waals surface area contributed by atoms with Crippen molar-refractivity contribution < 1.29 is 5.11 Å². The average Bonchev–Trinajstić information content (AvgIpc) is 2.71. The molecular formula is C14H22BrNOS. The molecule has 2 rings (SSSR count). The van der Waals surface area contributed by atoms with Crippen molar-refractivity contribution in [1.82, 2.24) is 4.90 Å². The zero-order chi connectivity index (χ0) is 13.3. The highest BCUT2D eigenvalue weighted by Crippen LogP contribution is 2.48. The Balaban J connectivity index is 2.33. The molecule has 1 aromatic heterocycles. The van der Waals surface area contributed by atoms with E-state index in [2.05, 4.69) is 47.9 Å². The van der Waals surface area contributed by atoms with Crippen LogP contribution >= 0.6 is 27.3 Å². The minimum atomic E-state index is -0.654. The monoisotopic (exact) mass is 331 g/mol. The SMILES string of the molecule is CC1CCCC(CN(C)C)C1(O)c1ccc(Br)s1. The molecular weight excluding hydrogens is 310 g/mol. The number of hydrogen-bond acceptors (Lipinski definition) is 3. The van der Waals surface area contributed by atoms with E-state index in [4.69, 9.17) is 0 Å². The molecule has 1 aromatic rings. The first kappa shape index (κ1) is 14.5. The lowest BCUT2D eigenvalue weighted by molar-refractivity contribution is -0.0987. The molecule has 0 bridgehead atoms. The fourth-order valence-electron chi connectivity index (χ4n) is 3.16. The second-order valence-electron chi connectivity index (χ2n) is 5.72. The Bertz CT molecular complexity index is 406. The number of nitrogens with zero attached hydrogens (tertiary/aromatic N) is 1. The van der Waals surface area contributed by atoms with Crippen LogP contribution in [0, 0.1) is 11.8 Å². The Kier molecular flexibility index (Phi) is 4.52. The number of thiophene rings is 1. The van der Waals surface area contributed by atoms with Crippen molar-refractivity contribution in [2.75, 3.05) is 20.6 Å². The van der Waals surface area contributed by atoms with Crippen LogP contribution in [0.4, 0.5) is 0 Å². The fourth-order valence-corrected chi connectivity index (χ4v) is 4.83. The molecule has 18 heavy (non-hydrogen) atoms. The van der Waals surface area contributed by atoms with Gasteiger partial charge in [-0.3, -0.25) is 0 Å². The fraction of sp³-hybridized carbons (Fsp3) is 0.714. The third-order valence-corrected chi connectivity index (χ3v) is 5.88. The predicted octanol–water partition coefficient (Wildman–Crippen LogP) is 3.70. The van der Waals surface area contributed by atoms with Crippen molar-refractivity contribution in [3.05, 3.63) is 20.8 Å². The van der Waals surface area contributed by atoms with Crippen LogP contribution in [0.15, 0.2) is 15.9 Å². The molecule has 3 atom stereocenters. The Hall–Kier alpha value is 0.1000. The molecule has 1 aliphatic carbocycles. The summed E-state index contributed by atoms with van der Waals surface area (Å²) in [5.74, 6) is 0.670. The minimum Gasteiger partial charge on any atom is -0.384 e. The van der Waals surface area contributed by atoms with E-state index in [0.29, 0.717) is 11.8 Å². The van der Waals surface area contributed by atoms with Crippen LogP contribution in [0.1, 0.15) is 31.1 Å². The smallest absolute Gasteiger partial charge is 0.105 e. The molecule has 0 amide bonds. The lowest BCUT2D eigenvalue weighted by atomic mass is 9.68. The average molecular weight is 332 g/mol. The molecule has 2 nitrogen and oxygen atoms in total. The summed E-state index contributed by atoms with van der Waals surface area (Å²) < 4.78 is 1.10. The molecule has 0 aliphatic heterocycles. The van der Waals surface area contributed by atoms with Crippen LogP contribution in [0.5, 0.6) is 0 Å². The maximum atomic E-state index is 11.3. The highest BCUT2D eigenvalue weighted by atomic mass is 79.9. The van der Waals surface area contributed by atoms with Gasteiger partial charge in [-0.2, -0.15) is 0 Å². The molecule has 0 radical (unpaired) electrons.